The molecule has 2 rings (SSSR count). The van der Waals surface area contributed by atoms with Crippen molar-refractivity contribution in [3.05, 3.63) is 34.4 Å². The van der Waals surface area contributed by atoms with Crippen LogP contribution in [-0.4, -0.2) is 36.3 Å². The Hall–Kier alpha value is -1.99. The maximum Gasteiger partial charge on any atom is 0.340 e. The number of nitro groups is 1. The van der Waals surface area contributed by atoms with E-state index in [-0.39, 0.29) is 17.5 Å². The molecule has 0 spiro atoms. The van der Waals surface area contributed by atoms with Crippen LogP contribution in [0.5, 0.6) is 5.75 Å². The number of hydrogen-bond donors (Lipinski definition) is 0. The Balaban J connectivity index is 1.82. The molecule has 0 aromatic heterocycles. The number of carbonyl (C=O) groups excluding carboxylic acids is 1. The molecule has 2 atom stereocenters. The largest absolute Gasteiger partial charge is 0.424 e. The maximum absolute atomic E-state index is 11.9. The van der Waals surface area contributed by atoms with Crippen molar-refractivity contribution in [1.29, 1.82) is 0 Å². The minimum absolute atomic E-state index is 0.0156. The van der Waals surface area contributed by atoms with E-state index in [1.165, 1.54) is 24.3 Å². The standard InChI is InChI=1S/C15H19NO6/c1-11(21-10-14-6-2-3-8-20-14)15(17)22-13-7-4-5-12(9-13)16(18)19/h4-5,7,9,11,14H,2-3,6,8,10H2,1H3. The Kier molecular flexibility index (Phi) is 5.85. The van der Waals surface area contributed by atoms with E-state index in [9.17, 15) is 14.9 Å². The van der Waals surface area contributed by atoms with E-state index >= 15 is 0 Å². The molecule has 7 heteroatoms. The average Bonchev–Trinajstić information content (AvgIpc) is 2.53. The molecule has 1 aromatic carbocycles. The highest BCUT2D eigenvalue weighted by molar-refractivity contribution is 5.76. The van der Waals surface area contributed by atoms with Crippen LogP contribution in [0.15, 0.2) is 24.3 Å². The molecule has 1 fully saturated rings. The number of benzene rings is 1. The normalized spacial score (nSPS) is 19.4. The molecule has 2 unspecified atom stereocenters. The SMILES string of the molecule is CC(OCC1CCCCO1)C(=O)Oc1cccc([N+](=O)[O-])c1. The summed E-state index contributed by atoms with van der Waals surface area (Å²) in [4.78, 5) is 22.0. The van der Waals surface area contributed by atoms with Crippen molar-refractivity contribution in [2.24, 2.45) is 0 Å². The average molecular weight is 309 g/mol. The number of nitro benzene ring substituents is 1. The van der Waals surface area contributed by atoms with Gasteiger partial charge in [-0.15, -0.1) is 0 Å². The van der Waals surface area contributed by atoms with E-state index in [1.54, 1.807) is 6.92 Å². The van der Waals surface area contributed by atoms with Crippen LogP contribution in [0.2, 0.25) is 0 Å². The van der Waals surface area contributed by atoms with E-state index in [2.05, 4.69) is 0 Å². The Bertz CT molecular complexity index is 527. The number of ether oxygens (including phenoxy) is 3. The van der Waals surface area contributed by atoms with Crippen LogP contribution in [0.25, 0.3) is 0 Å². The predicted octanol–water partition coefficient (Wildman–Crippen LogP) is 2.47. The summed E-state index contributed by atoms with van der Waals surface area (Å²) in [6.07, 6.45) is 2.33. The third-order valence-corrected chi connectivity index (χ3v) is 3.38. The van der Waals surface area contributed by atoms with Crippen molar-refractivity contribution < 1.29 is 23.9 Å². The lowest BCUT2D eigenvalue weighted by molar-refractivity contribution is -0.384. The lowest BCUT2D eigenvalue weighted by atomic mass is 10.1. The van der Waals surface area contributed by atoms with Gasteiger partial charge in [-0.25, -0.2) is 4.79 Å². The molecule has 1 aliphatic rings. The summed E-state index contributed by atoms with van der Waals surface area (Å²) in [6.45, 7) is 2.65. The van der Waals surface area contributed by atoms with E-state index < -0.39 is 17.0 Å². The molecule has 7 nitrogen and oxygen atoms in total. The van der Waals surface area contributed by atoms with E-state index in [4.69, 9.17) is 14.2 Å². The van der Waals surface area contributed by atoms with E-state index in [0.717, 1.165) is 25.9 Å². The molecule has 1 heterocycles. The first-order valence-electron chi connectivity index (χ1n) is 7.25. The van der Waals surface area contributed by atoms with Gasteiger partial charge in [0.1, 0.15) is 5.75 Å². The molecule has 1 aliphatic heterocycles. The number of nitrogens with zero attached hydrogens (tertiary/aromatic N) is 1. The first-order valence-corrected chi connectivity index (χ1v) is 7.25. The van der Waals surface area contributed by atoms with Crippen LogP contribution in [0.1, 0.15) is 26.2 Å². The van der Waals surface area contributed by atoms with Gasteiger partial charge in [-0.2, -0.15) is 0 Å². The van der Waals surface area contributed by atoms with Crippen LogP contribution in [0.3, 0.4) is 0 Å². The zero-order chi connectivity index (χ0) is 15.9. The zero-order valence-electron chi connectivity index (χ0n) is 12.4. The summed E-state index contributed by atoms with van der Waals surface area (Å²) in [5.41, 5.74) is -0.130. The van der Waals surface area contributed by atoms with Gasteiger partial charge in [0.2, 0.25) is 0 Å². The highest BCUT2D eigenvalue weighted by Crippen LogP contribution is 2.20. The lowest BCUT2D eigenvalue weighted by Gasteiger charge is -2.23. The van der Waals surface area contributed by atoms with Gasteiger partial charge in [0.15, 0.2) is 6.10 Å². The Labute approximate surface area is 128 Å². The highest BCUT2D eigenvalue weighted by Gasteiger charge is 2.21. The monoisotopic (exact) mass is 309 g/mol. The van der Waals surface area contributed by atoms with Gasteiger partial charge in [0.25, 0.3) is 5.69 Å². The van der Waals surface area contributed by atoms with Crippen LogP contribution in [-0.2, 0) is 14.3 Å². The van der Waals surface area contributed by atoms with Gasteiger partial charge in [-0.3, -0.25) is 10.1 Å². The first kappa shape index (κ1) is 16.4. The number of rotatable bonds is 6. The Morgan fingerprint density at radius 3 is 3.00 bits per heavy atom. The number of non-ortho nitro benzene ring substituents is 1. The van der Waals surface area contributed by atoms with Gasteiger partial charge in [0.05, 0.1) is 23.7 Å². The third kappa shape index (κ3) is 4.78. The maximum atomic E-state index is 11.9. The molecule has 22 heavy (non-hydrogen) atoms. The van der Waals surface area contributed by atoms with Crippen molar-refractivity contribution in [3.8, 4) is 5.75 Å². The van der Waals surface area contributed by atoms with E-state index in [0.29, 0.717) is 6.61 Å². The summed E-state index contributed by atoms with van der Waals surface area (Å²) in [7, 11) is 0. The predicted molar refractivity (Wildman–Crippen MR) is 77.7 cm³/mol. The minimum atomic E-state index is -0.759. The number of esters is 1. The van der Waals surface area contributed by atoms with Crippen molar-refractivity contribution in [3.63, 3.8) is 0 Å². The summed E-state index contributed by atoms with van der Waals surface area (Å²) >= 11 is 0. The number of carbonyl (C=O) groups is 1. The molecular formula is C15H19NO6. The summed E-state index contributed by atoms with van der Waals surface area (Å²) in [6, 6.07) is 5.48. The minimum Gasteiger partial charge on any atom is -0.424 e. The molecule has 1 saturated heterocycles. The van der Waals surface area contributed by atoms with Gasteiger partial charge in [-0.1, -0.05) is 6.07 Å². The molecule has 0 amide bonds. The van der Waals surface area contributed by atoms with Gasteiger partial charge in [0, 0.05) is 12.7 Å². The molecule has 120 valence electrons. The Morgan fingerprint density at radius 2 is 2.32 bits per heavy atom. The van der Waals surface area contributed by atoms with Crippen LogP contribution in [0.4, 0.5) is 5.69 Å². The zero-order valence-corrected chi connectivity index (χ0v) is 12.4. The molecule has 0 radical (unpaired) electrons. The molecule has 0 saturated carbocycles. The van der Waals surface area contributed by atoms with Gasteiger partial charge < -0.3 is 14.2 Å². The van der Waals surface area contributed by atoms with Gasteiger partial charge in [-0.05, 0) is 32.3 Å². The third-order valence-electron chi connectivity index (χ3n) is 3.38. The molecule has 0 aliphatic carbocycles. The summed E-state index contributed by atoms with van der Waals surface area (Å²) < 4.78 is 16.1. The summed E-state index contributed by atoms with van der Waals surface area (Å²) in [5.74, 6) is -0.458. The summed E-state index contributed by atoms with van der Waals surface area (Å²) in [5, 5.41) is 10.7. The van der Waals surface area contributed by atoms with Gasteiger partial charge >= 0.3 is 5.97 Å². The second kappa shape index (κ2) is 7.86. The van der Waals surface area contributed by atoms with Crippen LogP contribution >= 0.6 is 0 Å². The number of hydrogen-bond acceptors (Lipinski definition) is 6. The lowest BCUT2D eigenvalue weighted by Crippen LogP contribution is -2.31. The second-order valence-corrected chi connectivity index (χ2v) is 5.14. The first-order chi connectivity index (χ1) is 10.6. The fraction of sp³-hybridized carbons (Fsp3) is 0.533. The van der Waals surface area contributed by atoms with Crippen molar-refractivity contribution in [2.75, 3.05) is 13.2 Å². The smallest absolute Gasteiger partial charge is 0.340 e. The van der Waals surface area contributed by atoms with Crippen molar-refractivity contribution in [1.82, 2.24) is 0 Å². The Morgan fingerprint density at radius 1 is 1.50 bits per heavy atom. The fourth-order valence-electron chi connectivity index (χ4n) is 2.12. The van der Waals surface area contributed by atoms with E-state index in [1.807, 2.05) is 0 Å². The molecule has 0 N–H and O–H groups in total. The van der Waals surface area contributed by atoms with Crippen molar-refractivity contribution >= 4 is 11.7 Å². The molecule has 0 bridgehead atoms. The van der Waals surface area contributed by atoms with Crippen LogP contribution < -0.4 is 4.74 Å². The van der Waals surface area contributed by atoms with Crippen molar-refractivity contribution in [2.45, 2.75) is 38.4 Å². The highest BCUT2D eigenvalue weighted by atomic mass is 16.6. The second-order valence-electron chi connectivity index (χ2n) is 5.14. The fourth-order valence-corrected chi connectivity index (χ4v) is 2.12. The quantitative estimate of drug-likeness (QED) is 0.347. The molecular weight excluding hydrogens is 290 g/mol. The molecule has 1 aromatic rings. The topological polar surface area (TPSA) is 87.9 Å². The van der Waals surface area contributed by atoms with Crippen LogP contribution in [0, 0.1) is 10.1 Å².